The normalized spacial score (nSPS) is 10.7. The van der Waals surface area contributed by atoms with E-state index in [9.17, 15) is 4.79 Å². The summed E-state index contributed by atoms with van der Waals surface area (Å²) < 4.78 is 0.918. The Bertz CT molecular complexity index is 788. The van der Waals surface area contributed by atoms with Crippen molar-refractivity contribution >= 4 is 50.3 Å². The number of carbonyl (C=O) groups is 1. The summed E-state index contributed by atoms with van der Waals surface area (Å²) in [4.78, 5) is 20.3. The van der Waals surface area contributed by atoms with Crippen LogP contribution in [0.3, 0.4) is 0 Å². The van der Waals surface area contributed by atoms with E-state index in [2.05, 4.69) is 15.3 Å². The molecule has 0 spiro atoms. The van der Waals surface area contributed by atoms with E-state index in [0.717, 1.165) is 10.1 Å². The first-order valence-electron chi connectivity index (χ1n) is 5.69. The van der Waals surface area contributed by atoms with Crippen molar-refractivity contribution in [3.05, 3.63) is 46.8 Å². The molecule has 0 bridgehead atoms. The van der Waals surface area contributed by atoms with Gasteiger partial charge in [0, 0.05) is 15.1 Å². The monoisotopic (exact) mass is 304 g/mol. The minimum Gasteiger partial charge on any atom is -0.397 e. The number of hydrogen-bond acceptors (Lipinski definition) is 5. The topological polar surface area (TPSA) is 80.9 Å². The van der Waals surface area contributed by atoms with E-state index in [1.54, 1.807) is 12.1 Å². The summed E-state index contributed by atoms with van der Waals surface area (Å²) >= 11 is 7.26. The van der Waals surface area contributed by atoms with Gasteiger partial charge >= 0.3 is 0 Å². The molecule has 0 aliphatic rings. The van der Waals surface area contributed by atoms with Crippen LogP contribution in [0.25, 0.3) is 10.1 Å². The first-order chi connectivity index (χ1) is 9.65. The molecule has 0 aliphatic heterocycles. The van der Waals surface area contributed by atoms with Crippen LogP contribution in [-0.2, 0) is 0 Å². The van der Waals surface area contributed by atoms with Gasteiger partial charge in [-0.3, -0.25) is 4.79 Å². The molecule has 0 atom stereocenters. The molecule has 3 aromatic rings. The third-order valence-electron chi connectivity index (χ3n) is 2.71. The zero-order chi connectivity index (χ0) is 14.1. The van der Waals surface area contributed by atoms with Gasteiger partial charge in [0.15, 0.2) is 0 Å². The number of nitrogens with zero attached hydrogens (tertiary/aromatic N) is 2. The molecule has 0 aliphatic carbocycles. The Balaban J connectivity index is 1.98. The molecule has 7 heteroatoms. The molecule has 2 aromatic heterocycles. The van der Waals surface area contributed by atoms with E-state index in [0.29, 0.717) is 21.3 Å². The highest BCUT2D eigenvalue weighted by atomic mass is 35.5. The number of benzene rings is 1. The van der Waals surface area contributed by atoms with Crippen LogP contribution >= 0.6 is 22.9 Å². The average molecular weight is 305 g/mol. The Morgan fingerprint density at radius 1 is 1.30 bits per heavy atom. The van der Waals surface area contributed by atoms with Gasteiger partial charge in [-0.2, -0.15) is 0 Å². The van der Waals surface area contributed by atoms with Gasteiger partial charge < -0.3 is 11.1 Å². The largest absolute Gasteiger partial charge is 0.397 e. The fraction of sp³-hybridized carbons (Fsp3) is 0. The second kappa shape index (κ2) is 5.07. The number of thiophene rings is 1. The molecule has 2 heterocycles. The molecule has 0 radical (unpaired) electrons. The van der Waals surface area contributed by atoms with E-state index in [1.165, 1.54) is 30.1 Å². The maximum Gasteiger partial charge on any atom is 0.267 e. The molecule has 3 N–H and O–H groups in total. The van der Waals surface area contributed by atoms with Gasteiger partial charge in [0.1, 0.15) is 11.2 Å². The highest BCUT2D eigenvalue weighted by Gasteiger charge is 2.16. The van der Waals surface area contributed by atoms with Crippen molar-refractivity contribution in [3.8, 4) is 0 Å². The number of halogens is 1. The van der Waals surface area contributed by atoms with E-state index >= 15 is 0 Å². The minimum absolute atomic E-state index is 0.283. The van der Waals surface area contributed by atoms with Gasteiger partial charge in [-0.25, -0.2) is 9.97 Å². The summed E-state index contributed by atoms with van der Waals surface area (Å²) in [6, 6.07) is 5.37. The first kappa shape index (κ1) is 12.8. The van der Waals surface area contributed by atoms with Crippen molar-refractivity contribution in [2.45, 2.75) is 0 Å². The van der Waals surface area contributed by atoms with Crippen LogP contribution in [0, 0.1) is 0 Å². The van der Waals surface area contributed by atoms with Crippen molar-refractivity contribution in [1.29, 1.82) is 0 Å². The molecule has 3 rings (SSSR count). The lowest BCUT2D eigenvalue weighted by Crippen LogP contribution is -2.12. The van der Waals surface area contributed by atoms with Gasteiger partial charge in [0.2, 0.25) is 0 Å². The third kappa shape index (κ3) is 2.31. The predicted octanol–water partition coefficient (Wildman–Crippen LogP) is 3.18. The highest BCUT2D eigenvalue weighted by Crippen LogP contribution is 2.35. The number of rotatable bonds is 2. The summed E-state index contributed by atoms with van der Waals surface area (Å²) in [6.07, 6.45) is 4.43. The fourth-order valence-electron chi connectivity index (χ4n) is 1.81. The minimum atomic E-state index is -0.283. The summed E-state index contributed by atoms with van der Waals surface area (Å²) in [5, 5.41) is 4.09. The molecule has 0 fully saturated rings. The number of nitrogen functional groups attached to an aromatic ring is 1. The summed E-state index contributed by atoms with van der Waals surface area (Å²) in [6.45, 7) is 0. The van der Waals surface area contributed by atoms with Crippen molar-refractivity contribution in [2.24, 2.45) is 0 Å². The molecule has 1 aromatic carbocycles. The van der Waals surface area contributed by atoms with E-state index in [1.807, 2.05) is 6.07 Å². The quantitative estimate of drug-likeness (QED) is 0.762. The second-order valence-electron chi connectivity index (χ2n) is 4.07. The standard InChI is InChI=1S/C13H9ClN4OS/c14-7-1-2-10-9(3-7)11(15)12(20-10)13(19)18-8-4-16-6-17-5-8/h1-6H,15H2,(H,18,19). The van der Waals surface area contributed by atoms with Crippen molar-refractivity contribution in [2.75, 3.05) is 11.1 Å². The van der Waals surface area contributed by atoms with Crippen molar-refractivity contribution in [3.63, 3.8) is 0 Å². The van der Waals surface area contributed by atoms with E-state index in [-0.39, 0.29) is 5.91 Å². The van der Waals surface area contributed by atoms with Gasteiger partial charge in [-0.1, -0.05) is 11.6 Å². The maximum atomic E-state index is 12.2. The third-order valence-corrected chi connectivity index (χ3v) is 4.13. The van der Waals surface area contributed by atoms with Crippen LogP contribution in [0.2, 0.25) is 5.02 Å². The highest BCUT2D eigenvalue weighted by molar-refractivity contribution is 7.21. The van der Waals surface area contributed by atoms with E-state index < -0.39 is 0 Å². The number of carbonyl (C=O) groups excluding carboxylic acids is 1. The molecule has 1 amide bonds. The van der Waals surface area contributed by atoms with Gasteiger partial charge in [-0.05, 0) is 18.2 Å². The van der Waals surface area contributed by atoms with Crippen LogP contribution in [0.15, 0.2) is 36.9 Å². The van der Waals surface area contributed by atoms with Gasteiger partial charge in [0.25, 0.3) is 5.91 Å². The number of hydrogen-bond donors (Lipinski definition) is 2. The zero-order valence-corrected chi connectivity index (χ0v) is 11.7. The zero-order valence-electron chi connectivity index (χ0n) is 10.1. The van der Waals surface area contributed by atoms with Crippen molar-refractivity contribution in [1.82, 2.24) is 9.97 Å². The van der Waals surface area contributed by atoms with Crippen LogP contribution < -0.4 is 11.1 Å². The Kier molecular flexibility index (Phi) is 3.25. The van der Waals surface area contributed by atoms with Crippen LogP contribution in [0.1, 0.15) is 9.67 Å². The smallest absolute Gasteiger partial charge is 0.267 e. The van der Waals surface area contributed by atoms with Crippen molar-refractivity contribution < 1.29 is 4.79 Å². The molecule has 5 nitrogen and oxygen atoms in total. The van der Waals surface area contributed by atoms with Crippen LogP contribution in [0.5, 0.6) is 0 Å². The maximum absolute atomic E-state index is 12.2. The Labute approximate surface area is 123 Å². The van der Waals surface area contributed by atoms with Crippen LogP contribution in [-0.4, -0.2) is 15.9 Å². The van der Waals surface area contributed by atoms with Gasteiger partial charge in [-0.15, -0.1) is 11.3 Å². The summed E-state index contributed by atoms with van der Waals surface area (Å²) in [7, 11) is 0. The average Bonchev–Trinajstić information content (AvgIpc) is 2.77. The number of aromatic nitrogens is 2. The summed E-state index contributed by atoms with van der Waals surface area (Å²) in [5.74, 6) is -0.283. The molecule has 20 heavy (non-hydrogen) atoms. The lowest BCUT2D eigenvalue weighted by atomic mass is 10.2. The second-order valence-corrected chi connectivity index (χ2v) is 5.56. The Hall–Kier alpha value is -2.18. The number of amides is 1. The number of fused-ring (bicyclic) bond motifs is 1. The molecule has 100 valence electrons. The molecular formula is C13H9ClN4OS. The number of nitrogens with two attached hydrogens (primary N) is 1. The SMILES string of the molecule is Nc1c(C(=O)Nc2cncnc2)sc2ccc(Cl)cc12. The lowest BCUT2D eigenvalue weighted by molar-refractivity contribution is 0.103. The Morgan fingerprint density at radius 3 is 2.80 bits per heavy atom. The Morgan fingerprint density at radius 2 is 2.05 bits per heavy atom. The fourth-order valence-corrected chi connectivity index (χ4v) is 2.98. The predicted molar refractivity (Wildman–Crippen MR) is 81.2 cm³/mol. The molecular weight excluding hydrogens is 296 g/mol. The first-order valence-corrected chi connectivity index (χ1v) is 6.88. The number of nitrogens with one attached hydrogen (secondary N) is 1. The number of anilines is 2. The van der Waals surface area contributed by atoms with E-state index in [4.69, 9.17) is 17.3 Å². The van der Waals surface area contributed by atoms with Gasteiger partial charge in [0.05, 0.1) is 23.8 Å². The molecule has 0 unspecified atom stereocenters. The molecule has 0 saturated carbocycles. The molecule has 0 saturated heterocycles. The van der Waals surface area contributed by atoms with Crippen LogP contribution in [0.4, 0.5) is 11.4 Å². The lowest BCUT2D eigenvalue weighted by Gasteiger charge is -2.02. The summed E-state index contributed by atoms with van der Waals surface area (Å²) in [5.41, 5.74) is 6.98.